The van der Waals surface area contributed by atoms with Crippen molar-refractivity contribution < 1.29 is 38.4 Å². The number of carbonyl (C=O) groups excluding carboxylic acids is 2. The molecule has 3 rings (SSSR count). The molecule has 0 aromatic heterocycles. The molecule has 1 aliphatic rings. The second-order valence-corrected chi connectivity index (χ2v) is 9.45. The number of aliphatic carboxylic acids is 1. The number of halogens is 1. The van der Waals surface area contributed by atoms with E-state index in [1.54, 1.807) is 13.2 Å². The number of nitrogens with zero attached hydrogens (tertiary/aromatic N) is 1. The molecule has 0 atom stereocenters. The van der Waals surface area contributed by atoms with Crippen LogP contribution in [0.1, 0.15) is 24.0 Å². The Balaban J connectivity index is 0.000000675. The van der Waals surface area contributed by atoms with Crippen LogP contribution in [0, 0.1) is 0 Å². The number of benzene rings is 2. The fraction of sp³-hybridized carbons (Fsp3) is 0.387. The van der Waals surface area contributed by atoms with Crippen molar-refractivity contribution in [2.45, 2.75) is 25.7 Å². The maximum Gasteiger partial charge on any atom is 0.331 e. The summed E-state index contributed by atoms with van der Waals surface area (Å²) in [5.74, 6) is -1.50. The summed E-state index contributed by atoms with van der Waals surface area (Å²) < 4.78 is 19.1. The van der Waals surface area contributed by atoms with Crippen LogP contribution in [0.4, 0.5) is 11.4 Å². The molecule has 2 aromatic carbocycles. The highest BCUT2D eigenvalue weighted by Gasteiger charge is 2.20. The van der Waals surface area contributed by atoms with E-state index in [2.05, 4.69) is 51.4 Å². The van der Waals surface area contributed by atoms with Crippen molar-refractivity contribution >= 4 is 41.4 Å². The molecule has 0 aliphatic carbocycles. The number of fused-ring (bicyclic) bond motifs is 2. The monoisotopic (exact) mass is 602 g/mol. The number of ether oxygens (including phenoxy) is 4. The molecule has 1 aliphatic heterocycles. The van der Waals surface area contributed by atoms with Crippen LogP contribution in [-0.4, -0.2) is 76.7 Å². The van der Waals surface area contributed by atoms with Gasteiger partial charge >= 0.3 is 11.9 Å². The first-order chi connectivity index (χ1) is 20.5. The molecule has 2 aromatic rings. The summed E-state index contributed by atoms with van der Waals surface area (Å²) in [5, 5.41) is 12.0. The van der Waals surface area contributed by atoms with Crippen LogP contribution in [0.3, 0.4) is 0 Å². The molecule has 42 heavy (non-hydrogen) atoms. The summed E-state index contributed by atoms with van der Waals surface area (Å²) >= 11 is 6.34. The van der Waals surface area contributed by atoms with E-state index in [1.165, 1.54) is 28.6 Å². The van der Waals surface area contributed by atoms with Crippen LogP contribution >= 0.6 is 11.6 Å². The van der Waals surface area contributed by atoms with E-state index in [0.29, 0.717) is 32.4 Å². The first-order valence-electron chi connectivity index (χ1n) is 13.7. The largest absolute Gasteiger partial charge is 0.478 e. The fourth-order valence-corrected chi connectivity index (χ4v) is 4.28. The first kappa shape index (κ1) is 34.5. The molecule has 0 spiro atoms. The van der Waals surface area contributed by atoms with E-state index >= 15 is 0 Å². The maximum atomic E-state index is 11.7. The number of esters is 1. The Morgan fingerprint density at radius 2 is 1.76 bits per heavy atom. The number of aryl methyl sites for hydroxylation is 2. The van der Waals surface area contributed by atoms with Gasteiger partial charge in [0.05, 0.1) is 25.9 Å². The van der Waals surface area contributed by atoms with Crippen molar-refractivity contribution in [3.63, 3.8) is 0 Å². The molecular weight excluding hydrogens is 564 g/mol. The van der Waals surface area contributed by atoms with Crippen LogP contribution in [0.25, 0.3) is 0 Å². The highest BCUT2D eigenvalue weighted by atomic mass is 35.5. The van der Waals surface area contributed by atoms with Crippen LogP contribution in [-0.2, 0) is 46.2 Å². The number of carbonyl (C=O) groups is 3. The van der Waals surface area contributed by atoms with Crippen molar-refractivity contribution in [2.24, 2.45) is 0 Å². The normalized spacial score (nSPS) is 12.2. The van der Waals surface area contributed by atoms with Crippen molar-refractivity contribution in [1.29, 1.82) is 0 Å². The Morgan fingerprint density at radius 1 is 1.00 bits per heavy atom. The Morgan fingerprint density at radius 3 is 2.52 bits per heavy atom. The number of carboxylic acid groups (broad SMARTS) is 1. The average Bonchev–Trinajstić information content (AvgIpc) is 3.13. The Labute approximate surface area is 251 Å². The number of rotatable bonds is 17. The molecule has 10 nitrogen and oxygen atoms in total. The molecule has 0 fully saturated rings. The number of hydrogen-bond donors (Lipinski definition) is 2. The maximum absolute atomic E-state index is 11.7. The SMILES string of the molecule is COCCOCCOC(=O)/C=C/CNCCCCN1c2ccccc2CCc2ccc(Cl)cc21.O=CO/C=C\C(=O)O. The molecule has 2 N–H and O–H groups in total. The first-order valence-corrected chi connectivity index (χ1v) is 14.1. The fourth-order valence-electron chi connectivity index (χ4n) is 4.11. The van der Waals surface area contributed by atoms with Gasteiger partial charge in [-0.2, -0.15) is 0 Å². The van der Waals surface area contributed by atoms with Gasteiger partial charge in [-0.25, -0.2) is 9.59 Å². The number of anilines is 2. The van der Waals surface area contributed by atoms with Gasteiger partial charge in [-0.15, -0.1) is 0 Å². The summed E-state index contributed by atoms with van der Waals surface area (Å²) in [6, 6.07) is 14.9. The lowest BCUT2D eigenvalue weighted by molar-refractivity contribution is -0.139. The van der Waals surface area contributed by atoms with Crippen LogP contribution in [0.15, 0.2) is 67.0 Å². The lowest BCUT2D eigenvalue weighted by atomic mass is 10.0. The van der Waals surface area contributed by atoms with E-state index < -0.39 is 5.97 Å². The predicted octanol–water partition coefficient (Wildman–Crippen LogP) is 4.47. The Hall–Kier alpha value is -3.70. The highest BCUT2D eigenvalue weighted by molar-refractivity contribution is 6.30. The molecule has 0 amide bonds. The van der Waals surface area contributed by atoms with Gasteiger partial charge in [0.25, 0.3) is 6.47 Å². The smallest absolute Gasteiger partial charge is 0.331 e. The molecule has 0 saturated carbocycles. The highest BCUT2D eigenvalue weighted by Crippen LogP contribution is 2.37. The summed E-state index contributed by atoms with van der Waals surface area (Å²) in [6.45, 7) is 4.23. The number of hydrogen-bond acceptors (Lipinski definition) is 9. The summed E-state index contributed by atoms with van der Waals surface area (Å²) in [7, 11) is 1.62. The third kappa shape index (κ3) is 13.8. The van der Waals surface area contributed by atoms with E-state index in [4.69, 9.17) is 30.9 Å². The Kier molecular flexibility index (Phi) is 17.3. The number of para-hydroxylation sites is 1. The lowest BCUT2D eigenvalue weighted by Crippen LogP contribution is -2.22. The minimum atomic E-state index is -1.15. The topological polar surface area (TPSA) is 124 Å². The average molecular weight is 603 g/mol. The quantitative estimate of drug-likeness (QED) is 0.0881. The summed E-state index contributed by atoms with van der Waals surface area (Å²) in [5.41, 5.74) is 5.22. The van der Waals surface area contributed by atoms with E-state index in [-0.39, 0.29) is 19.0 Å². The van der Waals surface area contributed by atoms with Crippen molar-refractivity contribution in [3.8, 4) is 0 Å². The second-order valence-electron chi connectivity index (χ2n) is 9.01. The summed E-state index contributed by atoms with van der Waals surface area (Å²) in [4.78, 5) is 33.0. The molecule has 11 heteroatoms. The molecule has 228 valence electrons. The zero-order chi connectivity index (χ0) is 30.4. The molecule has 0 saturated heterocycles. The lowest BCUT2D eigenvalue weighted by Gasteiger charge is -2.27. The number of methoxy groups -OCH3 is 1. The number of carboxylic acids is 1. The van der Waals surface area contributed by atoms with E-state index in [1.807, 2.05) is 6.07 Å². The second kappa shape index (κ2) is 21.1. The standard InChI is InChI=1S/C27H35ClN2O4.C4H4O4/c1-32-17-18-33-19-20-34-27(31)9-6-15-29-14-4-5-16-30-25-8-3-2-7-22(25)10-11-23-12-13-24(28)21-26(23)30;5-3-8-2-1-4(6)7/h2-3,6-9,12-13,21,29H,4-5,10-11,14-20H2,1H3;1-3H,(H,6,7)/b9-6+;2-1-. The Bertz CT molecular complexity index is 1170. The third-order valence-electron chi connectivity index (χ3n) is 6.03. The van der Waals surface area contributed by atoms with Gasteiger partial charge in [-0.05, 0) is 61.6 Å². The van der Waals surface area contributed by atoms with Crippen molar-refractivity contribution in [1.82, 2.24) is 5.32 Å². The van der Waals surface area contributed by atoms with Gasteiger partial charge in [-0.3, -0.25) is 4.79 Å². The zero-order valence-corrected chi connectivity index (χ0v) is 24.6. The molecular formula is C31H39ClN2O8. The zero-order valence-electron chi connectivity index (χ0n) is 23.8. The van der Waals surface area contributed by atoms with Gasteiger partial charge in [0.1, 0.15) is 12.9 Å². The van der Waals surface area contributed by atoms with Crippen LogP contribution < -0.4 is 10.2 Å². The van der Waals surface area contributed by atoms with Gasteiger partial charge in [0, 0.05) is 42.7 Å². The summed E-state index contributed by atoms with van der Waals surface area (Å²) in [6.07, 6.45) is 8.89. The van der Waals surface area contributed by atoms with Gasteiger partial charge in [-0.1, -0.05) is 41.9 Å². The van der Waals surface area contributed by atoms with E-state index in [0.717, 1.165) is 50.1 Å². The molecule has 0 radical (unpaired) electrons. The molecule has 0 unspecified atom stereocenters. The third-order valence-corrected chi connectivity index (χ3v) is 6.27. The minimum Gasteiger partial charge on any atom is -0.478 e. The van der Waals surface area contributed by atoms with Gasteiger partial charge < -0.3 is 34.3 Å². The molecule has 0 bridgehead atoms. The molecule has 1 heterocycles. The van der Waals surface area contributed by atoms with Gasteiger partial charge in [0.2, 0.25) is 0 Å². The van der Waals surface area contributed by atoms with Crippen molar-refractivity contribution in [2.75, 3.05) is 58.1 Å². The van der Waals surface area contributed by atoms with Crippen LogP contribution in [0.5, 0.6) is 0 Å². The van der Waals surface area contributed by atoms with Crippen molar-refractivity contribution in [3.05, 3.63) is 83.1 Å². The van der Waals surface area contributed by atoms with E-state index in [9.17, 15) is 14.4 Å². The minimum absolute atomic E-state index is 0.138. The predicted molar refractivity (Wildman–Crippen MR) is 161 cm³/mol. The van der Waals surface area contributed by atoms with Gasteiger partial charge in [0.15, 0.2) is 0 Å². The number of nitrogens with one attached hydrogen (secondary N) is 1. The number of unbranched alkanes of at least 4 members (excludes halogenated alkanes) is 1. The van der Waals surface area contributed by atoms with Crippen LogP contribution in [0.2, 0.25) is 5.02 Å².